The highest BCUT2D eigenvalue weighted by molar-refractivity contribution is 5.79. The molecular weight excluding hydrogens is 224 g/mol. The first-order valence-corrected chi connectivity index (χ1v) is 6.66. The monoisotopic (exact) mass is 246 g/mol. The van der Waals surface area contributed by atoms with Crippen molar-refractivity contribution in [1.29, 1.82) is 0 Å². The van der Waals surface area contributed by atoms with E-state index in [4.69, 9.17) is 5.73 Å². The normalized spacial score (nSPS) is 18.3. The molecule has 1 aliphatic rings. The van der Waals surface area contributed by atoms with Gasteiger partial charge in [0.15, 0.2) is 0 Å². The summed E-state index contributed by atoms with van der Waals surface area (Å²) in [6.45, 7) is 3.02. The van der Waals surface area contributed by atoms with Crippen molar-refractivity contribution >= 4 is 5.91 Å². The fraction of sp³-hybridized carbons (Fsp3) is 0.533. The average molecular weight is 246 g/mol. The van der Waals surface area contributed by atoms with E-state index in [1.807, 2.05) is 18.2 Å². The Kier molecular flexibility index (Phi) is 4.02. The molecule has 0 heterocycles. The van der Waals surface area contributed by atoms with E-state index in [-0.39, 0.29) is 11.9 Å². The fourth-order valence-electron chi connectivity index (χ4n) is 2.22. The third kappa shape index (κ3) is 3.84. The molecule has 1 atom stereocenters. The number of nitrogens with one attached hydrogen (secondary N) is 1. The number of benzene rings is 1. The van der Waals surface area contributed by atoms with Crippen LogP contribution in [0.1, 0.15) is 31.7 Å². The first-order valence-electron chi connectivity index (χ1n) is 6.66. The van der Waals surface area contributed by atoms with Crippen molar-refractivity contribution in [2.24, 2.45) is 11.1 Å². The van der Waals surface area contributed by atoms with E-state index in [0.717, 1.165) is 19.4 Å². The van der Waals surface area contributed by atoms with Gasteiger partial charge in [0.25, 0.3) is 0 Å². The molecule has 0 spiro atoms. The summed E-state index contributed by atoms with van der Waals surface area (Å²) in [6.07, 6.45) is 4.24. The van der Waals surface area contributed by atoms with Crippen LogP contribution in [0.25, 0.3) is 0 Å². The highest BCUT2D eigenvalue weighted by atomic mass is 16.1. The number of carbonyl (C=O) groups excluding carboxylic acids is 1. The lowest BCUT2D eigenvalue weighted by Gasteiger charge is -2.19. The molecule has 1 aromatic rings. The van der Waals surface area contributed by atoms with Crippen LogP contribution in [0.15, 0.2) is 30.3 Å². The van der Waals surface area contributed by atoms with Crippen LogP contribution in [-0.2, 0) is 11.2 Å². The minimum atomic E-state index is -0.226. The first kappa shape index (κ1) is 13.1. The molecule has 0 unspecified atom stereocenters. The number of carbonyl (C=O) groups is 1. The maximum absolute atomic E-state index is 11.4. The highest BCUT2D eigenvalue weighted by Gasteiger charge is 2.40. The standard InChI is InChI=1S/C15H22N2O/c1-15(8-9-15)11-13(14(16)18)17-10-7-12-5-3-2-4-6-12/h2-6,13,17H,7-11H2,1H3,(H2,16,18)/t13-/m1/s1. The molecule has 3 N–H and O–H groups in total. The van der Waals surface area contributed by atoms with Crippen LogP contribution in [0.5, 0.6) is 0 Å². The molecule has 98 valence electrons. The Labute approximate surface area is 109 Å². The van der Waals surface area contributed by atoms with Crippen molar-refractivity contribution in [3.8, 4) is 0 Å². The predicted octanol–water partition coefficient (Wildman–Crippen LogP) is 1.86. The van der Waals surface area contributed by atoms with E-state index in [0.29, 0.717) is 5.41 Å². The average Bonchev–Trinajstić information content (AvgIpc) is 3.07. The molecule has 0 radical (unpaired) electrons. The number of hydrogen-bond donors (Lipinski definition) is 2. The maximum atomic E-state index is 11.4. The molecule has 1 aromatic carbocycles. The van der Waals surface area contributed by atoms with Gasteiger partial charge in [-0.25, -0.2) is 0 Å². The predicted molar refractivity (Wildman–Crippen MR) is 73.1 cm³/mol. The van der Waals surface area contributed by atoms with E-state index < -0.39 is 0 Å². The van der Waals surface area contributed by atoms with Crippen LogP contribution >= 0.6 is 0 Å². The van der Waals surface area contributed by atoms with Crippen LogP contribution in [0.2, 0.25) is 0 Å². The summed E-state index contributed by atoms with van der Waals surface area (Å²) in [5.41, 5.74) is 7.08. The van der Waals surface area contributed by atoms with E-state index in [2.05, 4.69) is 24.4 Å². The summed E-state index contributed by atoms with van der Waals surface area (Å²) < 4.78 is 0. The van der Waals surface area contributed by atoms with Gasteiger partial charge in [-0.2, -0.15) is 0 Å². The van der Waals surface area contributed by atoms with Gasteiger partial charge < -0.3 is 11.1 Å². The van der Waals surface area contributed by atoms with Gasteiger partial charge in [0, 0.05) is 0 Å². The molecule has 18 heavy (non-hydrogen) atoms. The molecule has 1 fully saturated rings. The lowest BCUT2D eigenvalue weighted by molar-refractivity contribution is -0.120. The number of hydrogen-bond acceptors (Lipinski definition) is 2. The van der Waals surface area contributed by atoms with Gasteiger partial charge in [0.1, 0.15) is 0 Å². The van der Waals surface area contributed by atoms with Crippen molar-refractivity contribution in [3.05, 3.63) is 35.9 Å². The quantitative estimate of drug-likeness (QED) is 0.771. The molecule has 1 amide bonds. The zero-order chi connectivity index (χ0) is 13.0. The van der Waals surface area contributed by atoms with Crippen LogP contribution in [-0.4, -0.2) is 18.5 Å². The zero-order valence-corrected chi connectivity index (χ0v) is 11.0. The van der Waals surface area contributed by atoms with Gasteiger partial charge in [0.05, 0.1) is 6.04 Å². The van der Waals surface area contributed by atoms with Crippen molar-refractivity contribution < 1.29 is 4.79 Å². The highest BCUT2D eigenvalue weighted by Crippen LogP contribution is 2.48. The van der Waals surface area contributed by atoms with Gasteiger partial charge in [0.2, 0.25) is 5.91 Å². The lowest BCUT2D eigenvalue weighted by atomic mass is 9.98. The van der Waals surface area contributed by atoms with E-state index >= 15 is 0 Å². The summed E-state index contributed by atoms with van der Waals surface area (Å²) in [5, 5.41) is 3.29. The van der Waals surface area contributed by atoms with Crippen LogP contribution in [0.4, 0.5) is 0 Å². The molecule has 3 heteroatoms. The molecule has 2 rings (SSSR count). The molecule has 1 saturated carbocycles. The molecule has 0 aromatic heterocycles. The Hall–Kier alpha value is -1.35. The molecular formula is C15H22N2O. The van der Waals surface area contributed by atoms with Crippen LogP contribution < -0.4 is 11.1 Å². The minimum absolute atomic E-state index is 0.179. The van der Waals surface area contributed by atoms with Gasteiger partial charge in [-0.1, -0.05) is 37.3 Å². The first-order chi connectivity index (χ1) is 8.59. The largest absolute Gasteiger partial charge is 0.368 e. The van der Waals surface area contributed by atoms with Gasteiger partial charge in [-0.05, 0) is 43.2 Å². The second kappa shape index (κ2) is 5.53. The van der Waals surface area contributed by atoms with E-state index in [1.54, 1.807) is 0 Å². The van der Waals surface area contributed by atoms with Crippen LogP contribution in [0, 0.1) is 5.41 Å². The fourth-order valence-corrected chi connectivity index (χ4v) is 2.22. The van der Waals surface area contributed by atoms with Crippen LogP contribution in [0.3, 0.4) is 0 Å². The number of nitrogens with two attached hydrogens (primary N) is 1. The van der Waals surface area contributed by atoms with Gasteiger partial charge in [-0.3, -0.25) is 4.79 Å². The smallest absolute Gasteiger partial charge is 0.234 e. The Morgan fingerprint density at radius 1 is 1.39 bits per heavy atom. The Morgan fingerprint density at radius 3 is 2.61 bits per heavy atom. The molecule has 0 aliphatic heterocycles. The van der Waals surface area contributed by atoms with Crippen molar-refractivity contribution in [3.63, 3.8) is 0 Å². The molecule has 0 bridgehead atoms. The lowest BCUT2D eigenvalue weighted by Crippen LogP contribution is -2.43. The summed E-state index contributed by atoms with van der Waals surface area (Å²) in [4.78, 5) is 11.4. The number of amides is 1. The minimum Gasteiger partial charge on any atom is -0.368 e. The third-order valence-electron chi connectivity index (χ3n) is 3.79. The van der Waals surface area contributed by atoms with E-state index in [9.17, 15) is 4.79 Å². The topological polar surface area (TPSA) is 55.1 Å². The van der Waals surface area contributed by atoms with Gasteiger partial charge >= 0.3 is 0 Å². The summed E-state index contributed by atoms with van der Waals surface area (Å²) in [6, 6.07) is 10.1. The van der Waals surface area contributed by atoms with E-state index in [1.165, 1.54) is 18.4 Å². The zero-order valence-electron chi connectivity index (χ0n) is 11.0. The Morgan fingerprint density at radius 2 is 2.06 bits per heavy atom. The maximum Gasteiger partial charge on any atom is 0.234 e. The van der Waals surface area contributed by atoms with Crippen molar-refractivity contribution in [2.45, 2.75) is 38.6 Å². The number of primary amides is 1. The third-order valence-corrected chi connectivity index (χ3v) is 3.79. The molecule has 0 saturated heterocycles. The number of rotatable bonds is 7. The summed E-state index contributed by atoms with van der Waals surface area (Å²) in [7, 11) is 0. The SMILES string of the molecule is CC1(C[C@@H](NCCc2ccccc2)C(N)=O)CC1. The van der Waals surface area contributed by atoms with Gasteiger partial charge in [-0.15, -0.1) is 0 Å². The molecule has 1 aliphatic carbocycles. The van der Waals surface area contributed by atoms with Crippen molar-refractivity contribution in [1.82, 2.24) is 5.32 Å². The Bertz CT molecular complexity index is 398. The summed E-state index contributed by atoms with van der Waals surface area (Å²) in [5.74, 6) is -0.226. The Balaban J connectivity index is 1.77. The second-order valence-electron chi connectivity index (χ2n) is 5.66. The summed E-state index contributed by atoms with van der Waals surface area (Å²) >= 11 is 0. The van der Waals surface area contributed by atoms with Crippen molar-refractivity contribution in [2.75, 3.05) is 6.54 Å². The second-order valence-corrected chi connectivity index (χ2v) is 5.66. The molecule has 3 nitrogen and oxygen atoms in total.